The summed E-state index contributed by atoms with van der Waals surface area (Å²) in [6.45, 7) is 3.10. The molecule has 1 N–H and O–H groups in total. The minimum atomic E-state index is -0.289. The Morgan fingerprint density at radius 1 is 1.37 bits per heavy atom. The van der Waals surface area contributed by atoms with Gasteiger partial charge in [-0.05, 0) is 59.5 Å². The van der Waals surface area contributed by atoms with Crippen molar-refractivity contribution in [1.82, 2.24) is 5.32 Å². The molecular weight excluding hydrogens is 281 g/mol. The minimum Gasteiger partial charge on any atom is -0.310 e. The number of nitrogens with one attached hydrogen (secondary N) is 1. The Morgan fingerprint density at radius 3 is 2.84 bits per heavy atom. The van der Waals surface area contributed by atoms with Crippen LogP contribution in [0.1, 0.15) is 30.5 Å². The summed E-state index contributed by atoms with van der Waals surface area (Å²) in [5.41, 5.74) is 2.24. The molecule has 1 aromatic carbocycles. The lowest BCUT2D eigenvalue weighted by Gasteiger charge is -2.18. The highest BCUT2D eigenvalue weighted by atomic mass is 35.5. The maximum absolute atomic E-state index is 13.1. The fourth-order valence-electron chi connectivity index (χ4n) is 2.01. The van der Waals surface area contributed by atoms with Crippen LogP contribution < -0.4 is 5.32 Å². The second-order valence-electron chi connectivity index (χ2n) is 4.50. The van der Waals surface area contributed by atoms with Gasteiger partial charge in [0, 0.05) is 11.1 Å². The molecule has 1 aromatic heterocycles. The summed E-state index contributed by atoms with van der Waals surface area (Å²) in [5.74, 6) is -0.289. The van der Waals surface area contributed by atoms with Crippen molar-refractivity contribution in [3.8, 4) is 0 Å². The second kappa shape index (κ2) is 7.04. The predicted octanol–water partition coefficient (Wildman–Crippen LogP) is 4.82. The topological polar surface area (TPSA) is 12.0 Å². The van der Waals surface area contributed by atoms with Gasteiger partial charge in [0.2, 0.25) is 0 Å². The molecule has 0 saturated carbocycles. The van der Waals surface area contributed by atoms with Crippen molar-refractivity contribution in [2.24, 2.45) is 0 Å². The number of thiophene rings is 1. The average molecular weight is 298 g/mol. The Hall–Kier alpha value is -0.900. The largest absolute Gasteiger partial charge is 0.310 e. The lowest BCUT2D eigenvalue weighted by Crippen LogP contribution is -2.23. The number of halogens is 2. The zero-order valence-electron chi connectivity index (χ0n) is 10.8. The molecule has 19 heavy (non-hydrogen) atoms. The summed E-state index contributed by atoms with van der Waals surface area (Å²) in [6, 6.07) is 6.96. The number of hydrogen-bond acceptors (Lipinski definition) is 2. The molecule has 2 aromatic rings. The van der Waals surface area contributed by atoms with E-state index in [2.05, 4.69) is 29.1 Å². The molecule has 1 atom stereocenters. The minimum absolute atomic E-state index is 0.231. The molecule has 102 valence electrons. The van der Waals surface area contributed by atoms with Crippen molar-refractivity contribution >= 4 is 22.9 Å². The van der Waals surface area contributed by atoms with Gasteiger partial charge < -0.3 is 5.32 Å². The maximum atomic E-state index is 13.1. The van der Waals surface area contributed by atoms with E-state index in [-0.39, 0.29) is 11.9 Å². The lowest BCUT2D eigenvalue weighted by atomic mass is 10.0. The first kappa shape index (κ1) is 14.5. The van der Waals surface area contributed by atoms with Crippen molar-refractivity contribution in [1.29, 1.82) is 0 Å². The van der Waals surface area contributed by atoms with Crippen molar-refractivity contribution < 1.29 is 4.39 Å². The summed E-state index contributed by atoms with van der Waals surface area (Å²) in [7, 11) is 0. The highest BCUT2D eigenvalue weighted by molar-refractivity contribution is 7.07. The van der Waals surface area contributed by atoms with E-state index in [1.54, 1.807) is 17.4 Å². The Kier molecular flexibility index (Phi) is 5.37. The molecule has 4 heteroatoms. The molecule has 0 amide bonds. The van der Waals surface area contributed by atoms with E-state index in [9.17, 15) is 4.39 Å². The Bertz CT molecular complexity index is 513. The van der Waals surface area contributed by atoms with Gasteiger partial charge in [-0.3, -0.25) is 0 Å². The molecule has 1 unspecified atom stereocenters. The normalized spacial score (nSPS) is 12.6. The van der Waals surface area contributed by atoms with Gasteiger partial charge in [0.05, 0.1) is 0 Å². The van der Waals surface area contributed by atoms with Crippen molar-refractivity contribution in [2.45, 2.75) is 25.8 Å². The molecule has 1 heterocycles. The van der Waals surface area contributed by atoms with Gasteiger partial charge in [-0.1, -0.05) is 24.6 Å². The van der Waals surface area contributed by atoms with Crippen molar-refractivity contribution in [3.63, 3.8) is 0 Å². The zero-order chi connectivity index (χ0) is 13.7. The SMILES string of the molecule is CCCNC(Cc1ccc(F)cc1Cl)c1ccsc1. The Labute approximate surface area is 122 Å². The van der Waals surface area contributed by atoms with Gasteiger partial charge in [0.25, 0.3) is 0 Å². The monoisotopic (exact) mass is 297 g/mol. The third-order valence-electron chi connectivity index (χ3n) is 3.03. The first-order valence-electron chi connectivity index (χ1n) is 6.40. The third-order valence-corrected chi connectivity index (χ3v) is 4.08. The van der Waals surface area contributed by atoms with E-state index in [1.807, 2.05) is 0 Å². The molecule has 0 saturated heterocycles. The van der Waals surface area contributed by atoms with E-state index in [0.29, 0.717) is 5.02 Å². The number of benzene rings is 1. The van der Waals surface area contributed by atoms with Crippen LogP contribution in [-0.4, -0.2) is 6.54 Å². The molecule has 0 aliphatic rings. The Morgan fingerprint density at radius 2 is 2.21 bits per heavy atom. The van der Waals surface area contributed by atoms with E-state index >= 15 is 0 Å². The summed E-state index contributed by atoms with van der Waals surface area (Å²) in [4.78, 5) is 0. The van der Waals surface area contributed by atoms with Crippen LogP contribution in [-0.2, 0) is 6.42 Å². The molecule has 0 fully saturated rings. The fraction of sp³-hybridized carbons (Fsp3) is 0.333. The van der Waals surface area contributed by atoms with Crippen LogP contribution in [0.5, 0.6) is 0 Å². The number of rotatable bonds is 6. The third kappa shape index (κ3) is 4.03. The summed E-state index contributed by atoms with van der Waals surface area (Å²) >= 11 is 7.79. The first-order valence-corrected chi connectivity index (χ1v) is 7.72. The standard InChI is InChI=1S/C15H17ClFNS/c1-2-6-18-15(12-5-7-19-10-12)8-11-3-4-13(17)9-14(11)16/h3-5,7,9-10,15,18H,2,6,8H2,1H3. The highest BCUT2D eigenvalue weighted by Gasteiger charge is 2.14. The molecule has 0 spiro atoms. The van der Waals surface area contributed by atoms with Crippen LogP contribution in [0.15, 0.2) is 35.0 Å². The fourth-order valence-corrected chi connectivity index (χ4v) is 2.97. The van der Waals surface area contributed by atoms with Crippen LogP contribution in [0.3, 0.4) is 0 Å². The van der Waals surface area contributed by atoms with Crippen LogP contribution >= 0.6 is 22.9 Å². The second-order valence-corrected chi connectivity index (χ2v) is 5.69. The maximum Gasteiger partial charge on any atom is 0.124 e. The quantitative estimate of drug-likeness (QED) is 0.806. The highest BCUT2D eigenvalue weighted by Crippen LogP contribution is 2.25. The number of hydrogen-bond donors (Lipinski definition) is 1. The average Bonchev–Trinajstić information content (AvgIpc) is 2.90. The van der Waals surface area contributed by atoms with Gasteiger partial charge in [-0.2, -0.15) is 11.3 Å². The van der Waals surface area contributed by atoms with Gasteiger partial charge in [0.1, 0.15) is 5.82 Å². The predicted molar refractivity (Wildman–Crippen MR) is 80.5 cm³/mol. The van der Waals surface area contributed by atoms with E-state index in [4.69, 9.17) is 11.6 Å². The van der Waals surface area contributed by atoms with Gasteiger partial charge in [0.15, 0.2) is 0 Å². The molecule has 2 rings (SSSR count). The molecular formula is C15H17ClFNS. The van der Waals surface area contributed by atoms with Crippen molar-refractivity contribution in [3.05, 3.63) is 57.0 Å². The summed E-state index contributed by atoms with van der Waals surface area (Å²) in [5, 5.41) is 8.23. The smallest absolute Gasteiger partial charge is 0.124 e. The van der Waals surface area contributed by atoms with Crippen molar-refractivity contribution in [2.75, 3.05) is 6.54 Å². The summed E-state index contributed by atoms with van der Waals surface area (Å²) in [6.07, 6.45) is 1.85. The van der Waals surface area contributed by atoms with Crippen LogP contribution in [0.25, 0.3) is 0 Å². The lowest BCUT2D eigenvalue weighted by molar-refractivity contribution is 0.530. The van der Waals surface area contributed by atoms with E-state index in [1.165, 1.54) is 17.7 Å². The van der Waals surface area contributed by atoms with E-state index in [0.717, 1.165) is 24.9 Å². The van der Waals surface area contributed by atoms with Gasteiger partial charge in [-0.15, -0.1) is 0 Å². The van der Waals surface area contributed by atoms with Crippen LogP contribution in [0.2, 0.25) is 5.02 Å². The molecule has 0 aliphatic carbocycles. The molecule has 0 bridgehead atoms. The van der Waals surface area contributed by atoms with E-state index < -0.39 is 0 Å². The Balaban J connectivity index is 2.15. The molecule has 0 aliphatic heterocycles. The van der Waals surface area contributed by atoms with Crippen LogP contribution in [0, 0.1) is 5.82 Å². The zero-order valence-corrected chi connectivity index (χ0v) is 12.4. The summed E-state index contributed by atoms with van der Waals surface area (Å²) < 4.78 is 13.1. The molecule has 1 nitrogen and oxygen atoms in total. The van der Waals surface area contributed by atoms with Gasteiger partial charge in [-0.25, -0.2) is 4.39 Å². The van der Waals surface area contributed by atoms with Gasteiger partial charge >= 0.3 is 0 Å². The molecule has 0 radical (unpaired) electrons. The first-order chi connectivity index (χ1) is 9.20. The van der Waals surface area contributed by atoms with Crippen LogP contribution in [0.4, 0.5) is 4.39 Å².